The fraction of sp³-hybridized carbons (Fsp3) is 0.312. The number of halogens is 1. The van der Waals surface area contributed by atoms with Gasteiger partial charge in [0.15, 0.2) is 0 Å². The first-order chi connectivity index (χ1) is 10.2. The van der Waals surface area contributed by atoms with Gasteiger partial charge in [0.25, 0.3) is 0 Å². The van der Waals surface area contributed by atoms with Gasteiger partial charge in [0.2, 0.25) is 0 Å². The molecule has 0 saturated heterocycles. The third kappa shape index (κ3) is 2.98. The van der Waals surface area contributed by atoms with Crippen molar-refractivity contribution in [3.05, 3.63) is 51.3 Å². The van der Waals surface area contributed by atoms with Crippen molar-refractivity contribution < 1.29 is 0 Å². The monoisotopic (exact) mass is 319 g/mol. The normalized spacial score (nSPS) is 12.9. The number of thiophene rings is 1. The second-order valence-electron chi connectivity index (χ2n) is 5.02. The lowest BCUT2D eigenvalue weighted by Gasteiger charge is -2.10. The molecular formula is C16H18ClN3S. The highest BCUT2D eigenvalue weighted by atomic mass is 35.5. The first kappa shape index (κ1) is 14.6. The van der Waals surface area contributed by atoms with Gasteiger partial charge < -0.3 is 5.32 Å². The predicted molar refractivity (Wildman–Crippen MR) is 90.0 cm³/mol. The molecule has 1 unspecified atom stereocenters. The summed E-state index contributed by atoms with van der Waals surface area (Å²) >= 11 is 7.62. The number of nitrogens with zero attached hydrogens (tertiary/aromatic N) is 2. The Bertz CT molecular complexity index is 747. The number of benzene rings is 1. The maximum Gasteiger partial charge on any atom is 0.0931 e. The summed E-state index contributed by atoms with van der Waals surface area (Å²) in [7, 11) is 0. The first-order valence-corrected chi connectivity index (χ1v) is 8.31. The summed E-state index contributed by atoms with van der Waals surface area (Å²) in [5, 5.41) is 9.47. The summed E-state index contributed by atoms with van der Waals surface area (Å²) < 4.78 is 2.89. The van der Waals surface area contributed by atoms with Crippen molar-refractivity contribution in [3.8, 4) is 0 Å². The van der Waals surface area contributed by atoms with E-state index in [2.05, 4.69) is 54.2 Å². The van der Waals surface area contributed by atoms with Crippen LogP contribution in [0.4, 0.5) is 0 Å². The minimum Gasteiger partial charge on any atom is -0.304 e. The van der Waals surface area contributed by atoms with Crippen LogP contribution in [0.1, 0.15) is 30.5 Å². The van der Waals surface area contributed by atoms with Gasteiger partial charge in [-0.2, -0.15) is 5.10 Å². The Balaban J connectivity index is 1.79. The topological polar surface area (TPSA) is 29.9 Å². The molecule has 0 amide bonds. The minimum absolute atomic E-state index is 0.271. The fourth-order valence-corrected chi connectivity index (χ4v) is 3.57. The Morgan fingerprint density at radius 1 is 1.29 bits per heavy atom. The molecular weight excluding hydrogens is 302 g/mol. The molecule has 21 heavy (non-hydrogen) atoms. The SMILES string of the molecule is CCn1nc(CNC(C)c2ccc(Cl)s2)c2ccccc21. The van der Waals surface area contributed by atoms with E-state index in [0.29, 0.717) is 0 Å². The molecule has 0 aliphatic rings. The highest BCUT2D eigenvalue weighted by Crippen LogP contribution is 2.27. The summed E-state index contributed by atoms with van der Waals surface area (Å²) in [4.78, 5) is 1.25. The van der Waals surface area contributed by atoms with Gasteiger partial charge in [0, 0.05) is 29.4 Å². The molecule has 110 valence electrons. The predicted octanol–water partition coefficient (Wildman–Crippen LogP) is 4.62. The van der Waals surface area contributed by atoms with Crippen LogP contribution in [0, 0.1) is 0 Å². The molecule has 2 aromatic heterocycles. The molecule has 1 atom stereocenters. The van der Waals surface area contributed by atoms with E-state index in [1.165, 1.54) is 15.8 Å². The van der Waals surface area contributed by atoms with Crippen LogP contribution in [0.3, 0.4) is 0 Å². The first-order valence-electron chi connectivity index (χ1n) is 7.12. The number of para-hydroxylation sites is 1. The smallest absolute Gasteiger partial charge is 0.0931 e. The molecule has 3 aromatic rings. The van der Waals surface area contributed by atoms with E-state index in [-0.39, 0.29) is 6.04 Å². The van der Waals surface area contributed by atoms with E-state index in [9.17, 15) is 0 Å². The number of aromatic nitrogens is 2. The lowest BCUT2D eigenvalue weighted by molar-refractivity contribution is 0.565. The van der Waals surface area contributed by atoms with Crippen molar-refractivity contribution in [2.45, 2.75) is 33.0 Å². The summed E-state index contributed by atoms with van der Waals surface area (Å²) in [6, 6.07) is 12.7. The minimum atomic E-state index is 0.271. The van der Waals surface area contributed by atoms with Crippen LogP contribution in [0.2, 0.25) is 4.34 Å². The largest absolute Gasteiger partial charge is 0.304 e. The molecule has 0 bridgehead atoms. The van der Waals surface area contributed by atoms with E-state index >= 15 is 0 Å². The van der Waals surface area contributed by atoms with Gasteiger partial charge in [0.05, 0.1) is 15.5 Å². The van der Waals surface area contributed by atoms with E-state index in [4.69, 9.17) is 16.7 Å². The van der Waals surface area contributed by atoms with Gasteiger partial charge in [-0.3, -0.25) is 4.68 Å². The van der Waals surface area contributed by atoms with Crippen LogP contribution < -0.4 is 5.32 Å². The molecule has 3 nitrogen and oxygen atoms in total. The van der Waals surface area contributed by atoms with Crippen molar-refractivity contribution in [3.63, 3.8) is 0 Å². The highest BCUT2D eigenvalue weighted by Gasteiger charge is 2.12. The zero-order chi connectivity index (χ0) is 14.8. The van der Waals surface area contributed by atoms with Crippen LogP contribution in [0.15, 0.2) is 36.4 Å². The average Bonchev–Trinajstić information content (AvgIpc) is 3.09. The lowest BCUT2D eigenvalue weighted by Crippen LogP contribution is -2.17. The van der Waals surface area contributed by atoms with Gasteiger partial charge in [-0.25, -0.2) is 0 Å². The Morgan fingerprint density at radius 2 is 2.10 bits per heavy atom. The molecule has 0 saturated carbocycles. The lowest BCUT2D eigenvalue weighted by atomic mass is 10.2. The van der Waals surface area contributed by atoms with Crippen molar-refractivity contribution in [1.82, 2.24) is 15.1 Å². The van der Waals surface area contributed by atoms with E-state index in [1.54, 1.807) is 11.3 Å². The van der Waals surface area contributed by atoms with Gasteiger partial charge in [0.1, 0.15) is 0 Å². The van der Waals surface area contributed by atoms with Crippen LogP contribution >= 0.6 is 22.9 Å². The van der Waals surface area contributed by atoms with Crippen molar-refractivity contribution in [2.75, 3.05) is 0 Å². The van der Waals surface area contributed by atoms with Crippen molar-refractivity contribution in [1.29, 1.82) is 0 Å². The van der Waals surface area contributed by atoms with Gasteiger partial charge in [-0.15, -0.1) is 11.3 Å². The number of aryl methyl sites for hydroxylation is 1. The maximum absolute atomic E-state index is 6.00. The molecule has 3 rings (SSSR count). The summed E-state index contributed by atoms with van der Waals surface area (Å²) in [5.41, 5.74) is 2.30. The Hall–Kier alpha value is -1.36. The molecule has 2 heterocycles. The van der Waals surface area contributed by atoms with E-state index < -0.39 is 0 Å². The fourth-order valence-electron chi connectivity index (χ4n) is 2.48. The van der Waals surface area contributed by atoms with Crippen molar-refractivity contribution in [2.24, 2.45) is 0 Å². The third-order valence-electron chi connectivity index (χ3n) is 3.63. The molecule has 5 heteroatoms. The van der Waals surface area contributed by atoms with E-state index in [1.807, 2.05) is 6.07 Å². The standard InChI is InChI=1S/C16H18ClN3S/c1-3-20-14-7-5-4-6-12(14)13(19-20)10-18-11(2)15-8-9-16(17)21-15/h4-9,11,18H,3,10H2,1-2H3. The van der Waals surface area contributed by atoms with Crippen LogP contribution in [0.5, 0.6) is 0 Å². The molecule has 0 radical (unpaired) electrons. The summed E-state index contributed by atoms with van der Waals surface area (Å²) in [6.07, 6.45) is 0. The van der Waals surface area contributed by atoms with Gasteiger partial charge in [-0.1, -0.05) is 29.8 Å². The highest BCUT2D eigenvalue weighted by molar-refractivity contribution is 7.16. The quantitative estimate of drug-likeness (QED) is 0.743. The maximum atomic E-state index is 6.00. The van der Waals surface area contributed by atoms with Crippen LogP contribution in [0.25, 0.3) is 10.9 Å². The molecule has 1 aromatic carbocycles. The second kappa shape index (κ2) is 6.18. The zero-order valence-electron chi connectivity index (χ0n) is 12.1. The molecule has 0 fully saturated rings. The summed E-state index contributed by atoms with van der Waals surface area (Å²) in [6.45, 7) is 5.91. The zero-order valence-corrected chi connectivity index (χ0v) is 13.7. The van der Waals surface area contributed by atoms with Gasteiger partial charge in [-0.05, 0) is 32.0 Å². The Labute approximate surface area is 133 Å². The number of fused-ring (bicyclic) bond motifs is 1. The second-order valence-corrected chi connectivity index (χ2v) is 6.77. The van der Waals surface area contributed by atoms with E-state index in [0.717, 1.165) is 23.1 Å². The number of nitrogens with one attached hydrogen (secondary N) is 1. The number of rotatable bonds is 5. The Kier molecular flexibility index (Phi) is 4.29. The molecule has 1 N–H and O–H groups in total. The number of hydrogen-bond donors (Lipinski definition) is 1. The average molecular weight is 320 g/mol. The number of hydrogen-bond acceptors (Lipinski definition) is 3. The Morgan fingerprint density at radius 3 is 2.81 bits per heavy atom. The third-order valence-corrected chi connectivity index (χ3v) is 5.04. The molecule has 0 aliphatic carbocycles. The molecule has 0 spiro atoms. The van der Waals surface area contributed by atoms with Gasteiger partial charge >= 0.3 is 0 Å². The van der Waals surface area contributed by atoms with Crippen LogP contribution in [-0.2, 0) is 13.1 Å². The summed E-state index contributed by atoms with van der Waals surface area (Å²) in [5.74, 6) is 0. The van der Waals surface area contributed by atoms with Crippen LogP contribution in [-0.4, -0.2) is 9.78 Å². The van der Waals surface area contributed by atoms with Crippen molar-refractivity contribution >= 4 is 33.8 Å². The molecule has 0 aliphatic heterocycles.